The van der Waals surface area contributed by atoms with Crippen LogP contribution in [0, 0.1) is 11.3 Å². The molecule has 1 aromatic carbocycles. The molecule has 0 amide bonds. The predicted molar refractivity (Wildman–Crippen MR) is 76.4 cm³/mol. The largest absolute Gasteiger partial charge is 0.497 e. The van der Waals surface area contributed by atoms with Crippen LogP contribution in [0.2, 0.25) is 0 Å². The lowest BCUT2D eigenvalue weighted by atomic mass is 10.3. The molecule has 0 saturated carbocycles. The number of ether oxygens (including phenoxy) is 1. The lowest BCUT2D eigenvalue weighted by molar-refractivity contribution is 0.415. The van der Waals surface area contributed by atoms with Crippen molar-refractivity contribution in [1.29, 1.82) is 5.26 Å². The Morgan fingerprint density at radius 2 is 2.10 bits per heavy atom. The molecule has 0 radical (unpaired) electrons. The topological polar surface area (TPSA) is 67.0 Å². The third-order valence-electron chi connectivity index (χ3n) is 3.14. The van der Waals surface area contributed by atoms with Crippen molar-refractivity contribution in [2.45, 2.75) is 11.7 Å². The molecule has 2 aromatic rings. The maximum atomic E-state index is 8.64. The summed E-state index contributed by atoms with van der Waals surface area (Å²) in [4.78, 5) is 2.11. The molecule has 0 saturated heterocycles. The minimum Gasteiger partial charge on any atom is -0.497 e. The van der Waals surface area contributed by atoms with Crippen LogP contribution in [0.4, 0.5) is 11.6 Å². The highest BCUT2D eigenvalue weighted by molar-refractivity contribution is 7.99. The molecule has 102 valence electrons. The minimum atomic E-state index is 0.390. The van der Waals surface area contributed by atoms with E-state index in [-0.39, 0.29) is 0 Å². The number of benzene rings is 1. The van der Waals surface area contributed by atoms with Crippen LogP contribution >= 0.6 is 11.8 Å². The standard InChI is InChI=1S/C13H13N5OS/c1-19-11-4-2-10(3-5-11)17-7-8-18-12(17)15-16-13(18)20-9-6-14/h2-5H,7-9H2,1H3. The lowest BCUT2D eigenvalue weighted by Gasteiger charge is -2.15. The van der Waals surface area contributed by atoms with Gasteiger partial charge in [-0.3, -0.25) is 4.57 Å². The molecule has 0 bridgehead atoms. The van der Waals surface area contributed by atoms with Crippen molar-refractivity contribution >= 4 is 23.4 Å². The van der Waals surface area contributed by atoms with Crippen LogP contribution in [0.25, 0.3) is 0 Å². The second-order valence-electron chi connectivity index (χ2n) is 4.23. The summed E-state index contributed by atoms with van der Waals surface area (Å²) < 4.78 is 7.21. The SMILES string of the molecule is COc1ccc(N2CCn3c(SCC#N)nnc32)cc1. The van der Waals surface area contributed by atoms with Gasteiger partial charge >= 0.3 is 0 Å². The average molecular weight is 287 g/mol. The number of fused-ring (bicyclic) bond motifs is 1. The van der Waals surface area contributed by atoms with E-state index in [0.717, 1.165) is 35.6 Å². The van der Waals surface area contributed by atoms with Crippen LogP contribution in [0.5, 0.6) is 5.75 Å². The Bertz CT molecular complexity index is 646. The van der Waals surface area contributed by atoms with E-state index in [1.807, 2.05) is 28.8 Å². The number of anilines is 2. The third-order valence-corrected chi connectivity index (χ3v) is 3.97. The van der Waals surface area contributed by atoms with E-state index in [1.165, 1.54) is 11.8 Å². The highest BCUT2D eigenvalue weighted by Gasteiger charge is 2.25. The molecular formula is C13H13N5OS. The van der Waals surface area contributed by atoms with Crippen molar-refractivity contribution in [1.82, 2.24) is 14.8 Å². The summed E-state index contributed by atoms with van der Waals surface area (Å²) in [6.45, 7) is 1.69. The molecule has 0 aliphatic carbocycles. The van der Waals surface area contributed by atoms with Gasteiger partial charge in [0, 0.05) is 18.8 Å². The predicted octanol–water partition coefficient (Wildman–Crippen LogP) is 2.05. The Morgan fingerprint density at radius 1 is 1.30 bits per heavy atom. The molecule has 0 unspecified atom stereocenters. The molecule has 7 heteroatoms. The van der Waals surface area contributed by atoms with Crippen LogP contribution in [0.1, 0.15) is 0 Å². The second kappa shape index (κ2) is 5.43. The summed E-state index contributed by atoms with van der Waals surface area (Å²) in [6.07, 6.45) is 0. The summed E-state index contributed by atoms with van der Waals surface area (Å²) in [5, 5.41) is 17.8. The van der Waals surface area contributed by atoms with Crippen molar-refractivity contribution < 1.29 is 4.74 Å². The summed E-state index contributed by atoms with van der Waals surface area (Å²) in [5.41, 5.74) is 1.06. The summed E-state index contributed by atoms with van der Waals surface area (Å²) in [5.74, 6) is 2.05. The normalized spacial score (nSPS) is 13.1. The lowest BCUT2D eigenvalue weighted by Crippen LogP contribution is -2.14. The highest BCUT2D eigenvalue weighted by atomic mass is 32.2. The number of hydrogen-bond donors (Lipinski definition) is 0. The van der Waals surface area contributed by atoms with Crippen LogP contribution in [-0.2, 0) is 6.54 Å². The van der Waals surface area contributed by atoms with Gasteiger partial charge in [0.1, 0.15) is 5.75 Å². The van der Waals surface area contributed by atoms with Gasteiger partial charge in [-0.1, -0.05) is 11.8 Å². The van der Waals surface area contributed by atoms with E-state index in [9.17, 15) is 0 Å². The van der Waals surface area contributed by atoms with Crippen molar-refractivity contribution in [3.05, 3.63) is 24.3 Å². The van der Waals surface area contributed by atoms with Gasteiger partial charge in [-0.25, -0.2) is 0 Å². The van der Waals surface area contributed by atoms with E-state index >= 15 is 0 Å². The van der Waals surface area contributed by atoms with Gasteiger partial charge in [0.15, 0.2) is 5.16 Å². The average Bonchev–Trinajstić information content (AvgIpc) is 3.07. The molecule has 0 N–H and O–H groups in total. The highest BCUT2D eigenvalue weighted by Crippen LogP contribution is 2.32. The summed E-state index contributed by atoms with van der Waals surface area (Å²) in [7, 11) is 1.65. The summed E-state index contributed by atoms with van der Waals surface area (Å²) >= 11 is 1.42. The molecule has 0 spiro atoms. The molecule has 1 aromatic heterocycles. The van der Waals surface area contributed by atoms with Crippen molar-refractivity contribution in [3.8, 4) is 11.8 Å². The number of thioether (sulfide) groups is 1. The smallest absolute Gasteiger partial charge is 0.232 e. The van der Waals surface area contributed by atoms with Crippen LogP contribution < -0.4 is 9.64 Å². The first kappa shape index (κ1) is 12.8. The zero-order valence-electron chi connectivity index (χ0n) is 11.0. The second-order valence-corrected chi connectivity index (χ2v) is 5.17. The van der Waals surface area contributed by atoms with E-state index < -0.39 is 0 Å². The number of nitrogens with zero attached hydrogens (tertiary/aromatic N) is 5. The molecule has 0 fully saturated rings. The Labute approximate surface area is 121 Å². The van der Waals surface area contributed by atoms with Gasteiger partial charge < -0.3 is 9.64 Å². The quantitative estimate of drug-likeness (QED) is 0.802. The number of methoxy groups -OCH3 is 1. The van der Waals surface area contributed by atoms with Gasteiger partial charge in [0.05, 0.1) is 18.9 Å². The molecule has 1 aliphatic rings. The third kappa shape index (κ3) is 2.18. The number of rotatable bonds is 4. The first-order valence-corrected chi connectivity index (χ1v) is 7.16. The Hall–Kier alpha value is -2.20. The van der Waals surface area contributed by atoms with Crippen LogP contribution in [0.3, 0.4) is 0 Å². The molecule has 2 heterocycles. The molecule has 1 aliphatic heterocycles. The zero-order valence-corrected chi connectivity index (χ0v) is 11.8. The van der Waals surface area contributed by atoms with Gasteiger partial charge in [-0.05, 0) is 24.3 Å². The van der Waals surface area contributed by atoms with E-state index in [4.69, 9.17) is 10.00 Å². The van der Waals surface area contributed by atoms with Gasteiger partial charge in [-0.2, -0.15) is 5.26 Å². The first-order valence-electron chi connectivity index (χ1n) is 6.18. The molecular weight excluding hydrogens is 274 g/mol. The van der Waals surface area contributed by atoms with E-state index in [2.05, 4.69) is 21.2 Å². The molecule has 3 rings (SSSR count). The van der Waals surface area contributed by atoms with Crippen molar-refractivity contribution in [3.63, 3.8) is 0 Å². The van der Waals surface area contributed by atoms with Crippen LogP contribution in [0.15, 0.2) is 29.4 Å². The molecule has 6 nitrogen and oxygen atoms in total. The fourth-order valence-corrected chi connectivity index (χ4v) is 2.81. The number of aromatic nitrogens is 3. The van der Waals surface area contributed by atoms with E-state index in [0.29, 0.717) is 5.75 Å². The van der Waals surface area contributed by atoms with Crippen molar-refractivity contribution in [2.75, 3.05) is 24.3 Å². The fraction of sp³-hybridized carbons (Fsp3) is 0.308. The monoisotopic (exact) mass is 287 g/mol. The fourth-order valence-electron chi connectivity index (χ4n) is 2.19. The Balaban J connectivity index is 1.85. The van der Waals surface area contributed by atoms with Crippen molar-refractivity contribution in [2.24, 2.45) is 0 Å². The van der Waals surface area contributed by atoms with E-state index in [1.54, 1.807) is 7.11 Å². The zero-order chi connectivity index (χ0) is 13.9. The number of nitriles is 1. The van der Waals surface area contributed by atoms with Gasteiger partial charge in [0.2, 0.25) is 5.95 Å². The maximum absolute atomic E-state index is 8.64. The maximum Gasteiger partial charge on any atom is 0.232 e. The van der Waals surface area contributed by atoms with Crippen LogP contribution in [-0.4, -0.2) is 34.2 Å². The Kier molecular flexibility index (Phi) is 3.48. The van der Waals surface area contributed by atoms with Gasteiger partial charge in [-0.15, -0.1) is 10.2 Å². The molecule has 0 atom stereocenters. The number of hydrogen-bond acceptors (Lipinski definition) is 6. The Morgan fingerprint density at radius 3 is 2.80 bits per heavy atom. The van der Waals surface area contributed by atoms with Gasteiger partial charge in [0.25, 0.3) is 0 Å². The first-order chi connectivity index (χ1) is 9.83. The summed E-state index contributed by atoms with van der Waals surface area (Å²) in [6, 6.07) is 9.98. The molecule has 20 heavy (non-hydrogen) atoms. The minimum absolute atomic E-state index is 0.390.